The Morgan fingerprint density at radius 3 is 2.62 bits per heavy atom. The average Bonchev–Trinajstić information content (AvgIpc) is 2.37. The molecule has 0 spiro atoms. The number of nitrogens with zero attached hydrogens (tertiary/aromatic N) is 3. The minimum absolute atomic E-state index is 0.123. The summed E-state index contributed by atoms with van der Waals surface area (Å²) in [6.45, 7) is 8.36. The van der Waals surface area contributed by atoms with E-state index in [0.29, 0.717) is 18.3 Å². The molecular weight excluding hydrogens is 268 g/mol. The number of nitrogen functional groups attached to an aromatic ring is 1. The van der Waals surface area contributed by atoms with Crippen LogP contribution in [-0.2, 0) is 4.74 Å². The molecule has 1 fully saturated rings. The van der Waals surface area contributed by atoms with Crippen LogP contribution < -0.4 is 5.73 Å². The number of carbonyl (C=O) groups is 1. The summed E-state index contributed by atoms with van der Waals surface area (Å²) in [5.74, 6) is 0.741. The Morgan fingerprint density at radius 2 is 2.10 bits per heavy atom. The molecule has 0 saturated carbocycles. The average molecular weight is 292 g/mol. The quantitative estimate of drug-likeness (QED) is 0.860. The maximum absolute atomic E-state index is 12.2. The molecule has 21 heavy (non-hydrogen) atoms. The number of hydrogen-bond donors (Lipinski definition) is 1. The number of aromatic nitrogens is 2. The highest BCUT2D eigenvalue weighted by molar-refractivity contribution is 5.68. The molecule has 2 rings (SSSR count). The molecule has 2 N–H and O–H groups in total. The standard InChI is InChI=1S/C15H24N4O2/c1-10-9-11(12-5-6-13(16)18-17-12)7-8-19(10)14(20)21-15(2,3)4/h5-6,10-11H,7-9H2,1-4H3,(H2,16,18)/t10-,11?/m0/s1. The van der Waals surface area contributed by atoms with E-state index < -0.39 is 5.60 Å². The Morgan fingerprint density at radius 1 is 1.38 bits per heavy atom. The van der Waals surface area contributed by atoms with Crippen LogP contribution in [0.3, 0.4) is 0 Å². The van der Waals surface area contributed by atoms with Crippen LogP contribution in [0.5, 0.6) is 0 Å². The molecule has 2 heterocycles. The second kappa shape index (κ2) is 5.87. The second-order valence-corrected chi connectivity index (χ2v) is 6.63. The Kier molecular flexibility index (Phi) is 4.34. The van der Waals surface area contributed by atoms with Crippen molar-refractivity contribution in [2.75, 3.05) is 12.3 Å². The zero-order valence-corrected chi connectivity index (χ0v) is 13.2. The zero-order chi connectivity index (χ0) is 15.6. The van der Waals surface area contributed by atoms with Crippen LogP contribution in [0.2, 0.25) is 0 Å². The van der Waals surface area contributed by atoms with Crippen LogP contribution in [0.25, 0.3) is 0 Å². The van der Waals surface area contributed by atoms with E-state index in [4.69, 9.17) is 10.5 Å². The lowest BCUT2D eigenvalue weighted by molar-refractivity contribution is 0.0102. The first-order valence-corrected chi connectivity index (χ1v) is 7.35. The number of rotatable bonds is 1. The fraction of sp³-hybridized carbons (Fsp3) is 0.667. The molecule has 0 bridgehead atoms. The molecule has 2 atom stereocenters. The molecule has 1 aliphatic heterocycles. The Labute approximate surface area is 125 Å². The predicted molar refractivity (Wildman–Crippen MR) is 80.8 cm³/mol. The van der Waals surface area contributed by atoms with Gasteiger partial charge in [-0.1, -0.05) is 0 Å². The Hall–Kier alpha value is -1.85. The maximum Gasteiger partial charge on any atom is 0.410 e. The summed E-state index contributed by atoms with van der Waals surface area (Å²) in [6, 6.07) is 3.81. The minimum atomic E-state index is -0.462. The van der Waals surface area contributed by atoms with Crippen molar-refractivity contribution in [3.63, 3.8) is 0 Å². The summed E-state index contributed by atoms with van der Waals surface area (Å²) in [5.41, 5.74) is 6.04. The van der Waals surface area contributed by atoms with Crippen molar-refractivity contribution >= 4 is 11.9 Å². The van der Waals surface area contributed by atoms with Crippen LogP contribution in [0, 0.1) is 0 Å². The molecule has 6 heteroatoms. The Bertz CT molecular complexity index is 495. The van der Waals surface area contributed by atoms with E-state index in [1.807, 2.05) is 33.8 Å². The van der Waals surface area contributed by atoms with Crippen molar-refractivity contribution in [1.82, 2.24) is 15.1 Å². The highest BCUT2D eigenvalue weighted by atomic mass is 16.6. The van der Waals surface area contributed by atoms with Gasteiger partial charge in [0.15, 0.2) is 0 Å². The molecule has 1 unspecified atom stereocenters. The fourth-order valence-electron chi connectivity index (χ4n) is 2.60. The lowest BCUT2D eigenvalue weighted by Crippen LogP contribution is -2.46. The highest BCUT2D eigenvalue weighted by Gasteiger charge is 2.32. The molecule has 116 valence electrons. The molecule has 1 saturated heterocycles. The molecule has 6 nitrogen and oxygen atoms in total. The number of piperidine rings is 1. The summed E-state index contributed by atoms with van der Waals surface area (Å²) < 4.78 is 5.45. The Balaban J connectivity index is 1.99. The summed E-state index contributed by atoms with van der Waals surface area (Å²) >= 11 is 0. The van der Waals surface area contributed by atoms with E-state index in [2.05, 4.69) is 10.2 Å². The van der Waals surface area contributed by atoms with Crippen molar-refractivity contribution in [2.45, 2.75) is 58.1 Å². The van der Waals surface area contributed by atoms with Gasteiger partial charge in [-0.3, -0.25) is 0 Å². The maximum atomic E-state index is 12.2. The lowest BCUT2D eigenvalue weighted by Gasteiger charge is -2.38. The second-order valence-electron chi connectivity index (χ2n) is 6.63. The van der Waals surface area contributed by atoms with Gasteiger partial charge in [-0.25, -0.2) is 4.79 Å². The third-order valence-corrected chi connectivity index (χ3v) is 3.63. The number of anilines is 1. The molecule has 1 aromatic rings. The number of amides is 1. The highest BCUT2D eigenvalue weighted by Crippen LogP contribution is 2.31. The minimum Gasteiger partial charge on any atom is -0.444 e. The van der Waals surface area contributed by atoms with Crippen molar-refractivity contribution < 1.29 is 9.53 Å². The van der Waals surface area contributed by atoms with E-state index in [9.17, 15) is 4.79 Å². The van der Waals surface area contributed by atoms with Crippen molar-refractivity contribution in [2.24, 2.45) is 0 Å². The first kappa shape index (κ1) is 15.5. The number of hydrogen-bond acceptors (Lipinski definition) is 5. The van der Waals surface area contributed by atoms with Gasteiger partial charge in [0, 0.05) is 18.5 Å². The van der Waals surface area contributed by atoms with Gasteiger partial charge >= 0.3 is 6.09 Å². The van der Waals surface area contributed by atoms with Crippen LogP contribution in [0.1, 0.15) is 52.1 Å². The molecule has 0 aromatic carbocycles. The molecule has 0 aliphatic carbocycles. The summed E-state index contributed by atoms with van der Waals surface area (Å²) in [4.78, 5) is 14.0. The van der Waals surface area contributed by atoms with Gasteiger partial charge in [0.05, 0.1) is 5.69 Å². The van der Waals surface area contributed by atoms with E-state index >= 15 is 0 Å². The van der Waals surface area contributed by atoms with E-state index in [0.717, 1.165) is 18.5 Å². The van der Waals surface area contributed by atoms with Gasteiger partial charge in [-0.2, -0.15) is 5.10 Å². The zero-order valence-electron chi connectivity index (χ0n) is 13.2. The first-order valence-electron chi connectivity index (χ1n) is 7.35. The molecule has 0 radical (unpaired) electrons. The summed E-state index contributed by atoms with van der Waals surface area (Å²) in [6.07, 6.45) is 1.48. The monoisotopic (exact) mass is 292 g/mol. The molecule has 1 amide bonds. The van der Waals surface area contributed by atoms with Crippen LogP contribution in [0.15, 0.2) is 12.1 Å². The van der Waals surface area contributed by atoms with Crippen LogP contribution in [-0.4, -0.2) is 39.4 Å². The van der Waals surface area contributed by atoms with E-state index in [1.54, 1.807) is 11.0 Å². The van der Waals surface area contributed by atoms with Crippen molar-refractivity contribution in [1.29, 1.82) is 0 Å². The number of carbonyl (C=O) groups excluding carboxylic acids is 1. The summed E-state index contributed by atoms with van der Waals surface area (Å²) in [5, 5.41) is 8.06. The number of ether oxygens (including phenoxy) is 1. The van der Waals surface area contributed by atoms with Crippen LogP contribution in [0.4, 0.5) is 10.6 Å². The van der Waals surface area contributed by atoms with Gasteiger partial charge in [0.25, 0.3) is 0 Å². The summed E-state index contributed by atoms with van der Waals surface area (Å²) in [7, 11) is 0. The largest absolute Gasteiger partial charge is 0.444 e. The van der Waals surface area contributed by atoms with Crippen molar-refractivity contribution in [3.05, 3.63) is 17.8 Å². The van der Waals surface area contributed by atoms with E-state index in [1.165, 1.54) is 0 Å². The molecular formula is C15H24N4O2. The van der Waals surface area contributed by atoms with Gasteiger partial charge < -0.3 is 15.4 Å². The van der Waals surface area contributed by atoms with Gasteiger partial charge in [0.1, 0.15) is 11.4 Å². The van der Waals surface area contributed by atoms with Crippen molar-refractivity contribution in [3.8, 4) is 0 Å². The third kappa shape index (κ3) is 4.06. The molecule has 1 aliphatic rings. The first-order chi connectivity index (χ1) is 9.76. The number of nitrogens with two attached hydrogens (primary N) is 1. The SMILES string of the molecule is C[C@H]1CC(c2ccc(N)nn2)CCN1C(=O)OC(C)(C)C. The van der Waals surface area contributed by atoms with Gasteiger partial charge in [-0.15, -0.1) is 5.10 Å². The lowest BCUT2D eigenvalue weighted by atomic mass is 9.89. The van der Waals surface area contributed by atoms with Gasteiger partial charge in [-0.05, 0) is 52.7 Å². The third-order valence-electron chi connectivity index (χ3n) is 3.63. The topological polar surface area (TPSA) is 81.3 Å². The van der Waals surface area contributed by atoms with E-state index in [-0.39, 0.29) is 12.1 Å². The fourth-order valence-corrected chi connectivity index (χ4v) is 2.60. The van der Waals surface area contributed by atoms with Crippen LogP contribution >= 0.6 is 0 Å². The van der Waals surface area contributed by atoms with Gasteiger partial charge in [0.2, 0.25) is 0 Å². The normalized spacial score (nSPS) is 23.0. The smallest absolute Gasteiger partial charge is 0.410 e. The predicted octanol–water partition coefficient (Wildman–Crippen LogP) is 2.56. The number of likely N-dealkylation sites (tertiary alicyclic amines) is 1. The molecule has 1 aromatic heterocycles.